The van der Waals surface area contributed by atoms with Crippen LogP contribution in [0.15, 0.2) is 6.07 Å². The number of nitrogens with zero attached hydrogens (tertiary/aromatic N) is 3. The molecule has 0 aromatic carbocycles. The second-order valence-corrected chi connectivity index (χ2v) is 3.76. The molecule has 1 N–H and O–H groups in total. The minimum absolute atomic E-state index is 0.887. The Hall–Kier alpha value is -1.58. The van der Waals surface area contributed by atoms with E-state index in [0.717, 1.165) is 35.0 Å². The summed E-state index contributed by atoms with van der Waals surface area (Å²) in [6, 6.07) is 1.99. The van der Waals surface area contributed by atoms with Crippen LogP contribution in [-0.2, 0) is 0 Å². The summed E-state index contributed by atoms with van der Waals surface area (Å²) in [5.41, 5.74) is 4.11. The first kappa shape index (κ1) is 9.96. The van der Waals surface area contributed by atoms with Gasteiger partial charge in [-0.3, -0.25) is 0 Å². The minimum Gasteiger partial charge on any atom is -0.370 e. The second-order valence-electron chi connectivity index (χ2n) is 3.76. The summed E-state index contributed by atoms with van der Waals surface area (Å²) in [4.78, 5) is 4.50. The maximum atomic E-state index is 4.50. The van der Waals surface area contributed by atoms with E-state index in [-0.39, 0.29) is 0 Å². The van der Waals surface area contributed by atoms with E-state index in [0.29, 0.717) is 0 Å². The van der Waals surface area contributed by atoms with Crippen LogP contribution in [0.4, 0.5) is 5.82 Å². The van der Waals surface area contributed by atoms with E-state index in [2.05, 4.69) is 29.2 Å². The molecule has 2 heterocycles. The Morgan fingerprint density at radius 2 is 2.07 bits per heavy atom. The summed E-state index contributed by atoms with van der Waals surface area (Å²) in [6.07, 6.45) is 0. The molecule has 0 spiro atoms. The molecule has 0 fully saturated rings. The molecule has 4 heteroatoms. The van der Waals surface area contributed by atoms with Crippen LogP contribution in [0.2, 0.25) is 0 Å². The van der Waals surface area contributed by atoms with Crippen LogP contribution in [-0.4, -0.2) is 21.1 Å². The predicted molar refractivity (Wildman–Crippen MR) is 61.4 cm³/mol. The Bertz CT molecular complexity index is 499. The molecule has 0 aliphatic rings. The van der Waals surface area contributed by atoms with E-state index in [9.17, 15) is 0 Å². The van der Waals surface area contributed by atoms with Gasteiger partial charge in [0, 0.05) is 23.9 Å². The third kappa shape index (κ3) is 1.56. The molecule has 0 amide bonds. The maximum Gasteiger partial charge on any atom is 0.157 e. The van der Waals surface area contributed by atoms with Crippen LogP contribution in [0.5, 0.6) is 0 Å². The van der Waals surface area contributed by atoms with Crippen molar-refractivity contribution in [1.82, 2.24) is 14.6 Å². The fraction of sp³-hybridized carbons (Fsp3) is 0.455. The van der Waals surface area contributed by atoms with Gasteiger partial charge in [0.2, 0.25) is 0 Å². The Kier molecular flexibility index (Phi) is 2.34. The first-order valence-corrected chi connectivity index (χ1v) is 5.21. The van der Waals surface area contributed by atoms with Gasteiger partial charge in [-0.15, -0.1) is 0 Å². The SMILES string of the molecule is CCNc1c(C)c(C)nc2cc(C)nn12. The fourth-order valence-corrected chi connectivity index (χ4v) is 1.69. The molecule has 0 aliphatic carbocycles. The van der Waals surface area contributed by atoms with E-state index < -0.39 is 0 Å². The first-order valence-electron chi connectivity index (χ1n) is 5.21. The standard InChI is InChI=1S/C11H16N4/c1-5-12-11-8(3)9(4)13-10-6-7(2)14-15(10)11/h6,12H,5H2,1-4H3. The van der Waals surface area contributed by atoms with Gasteiger partial charge >= 0.3 is 0 Å². The zero-order chi connectivity index (χ0) is 11.0. The van der Waals surface area contributed by atoms with Crippen molar-refractivity contribution in [1.29, 1.82) is 0 Å². The average Bonchev–Trinajstić information content (AvgIpc) is 2.53. The van der Waals surface area contributed by atoms with E-state index in [1.807, 2.05) is 24.4 Å². The van der Waals surface area contributed by atoms with Crippen LogP contribution in [0.3, 0.4) is 0 Å². The third-order valence-electron chi connectivity index (χ3n) is 2.55. The van der Waals surface area contributed by atoms with E-state index >= 15 is 0 Å². The lowest BCUT2D eigenvalue weighted by Gasteiger charge is -2.11. The zero-order valence-electron chi connectivity index (χ0n) is 9.63. The fourth-order valence-electron chi connectivity index (χ4n) is 1.69. The Balaban J connectivity index is 2.76. The van der Waals surface area contributed by atoms with Gasteiger partial charge in [-0.25, -0.2) is 4.98 Å². The molecule has 0 radical (unpaired) electrons. The number of aromatic nitrogens is 3. The smallest absolute Gasteiger partial charge is 0.157 e. The van der Waals surface area contributed by atoms with Crippen LogP contribution in [0.1, 0.15) is 23.9 Å². The molecule has 2 aromatic rings. The molecule has 0 unspecified atom stereocenters. The van der Waals surface area contributed by atoms with Gasteiger partial charge < -0.3 is 5.32 Å². The Morgan fingerprint density at radius 3 is 2.73 bits per heavy atom. The predicted octanol–water partition coefficient (Wildman–Crippen LogP) is 2.09. The average molecular weight is 204 g/mol. The van der Waals surface area contributed by atoms with Crippen molar-refractivity contribution >= 4 is 11.5 Å². The quantitative estimate of drug-likeness (QED) is 0.814. The molecule has 0 aliphatic heterocycles. The molecule has 2 aromatic heterocycles. The lowest BCUT2D eigenvalue weighted by Crippen LogP contribution is -2.08. The van der Waals surface area contributed by atoms with E-state index in [4.69, 9.17) is 0 Å². The van der Waals surface area contributed by atoms with E-state index in [1.54, 1.807) is 0 Å². The van der Waals surface area contributed by atoms with Gasteiger partial charge in [0.05, 0.1) is 5.69 Å². The van der Waals surface area contributed by atoms with Gasteiger partial charge in [0.25, 0.3) is 0 Å². The van der Waals surface area contributed by atoms with Crippen molar-refractivity contribution in [2.24, 2.45) is 0 Å². The highest BCUT2D eigenvalue weighted by Gasteiger charge is 2.09. The molecule has 0 saturated heterocycles. The monoisotopic (exact) mass is 204 g/mol. The van der Waals surface area contributed by atoms with Gasteiger partial charge in [-0.05, 0) is 27.7 Å². The molecule has 80 valence electrons. The van der Waals surface area contributed by atoms with E-state index in [1.165, 1.54) is 0 Å². The van der Waals surface area contributed by atoms with Crippen molar-refractivity contribution < 1.29 is 0 Å². The molecular weight excluding hydrogens is 188 g/mol. The summed E-state index contributed by atoms with van der Waals surface area (Å²) >= 11 is 0. The molecule has 4 nitrogen and oxygen atoms in total. The van der Waals surface area contributed by atoms with Gasteiger partial charge in [0.1, 0.15) is 5.82 Å². The molecule has 2 rings (SSSR count). The number of rotatable bonds is 2. The summed E-state index contributed by atoms with van der Waals surface area (Å²) in [5, 5.41) is 7.76. The summed E-state index contributed by atoms with van der Waals surface area (Å²) in [7, 11) is 0. The number of aryl methyl sites for hydroxylation is 2. The van der Waals surface area contributed by atoms with Crippen LogP contribution in [0, 0.1) is 20.8 Å². The van der Waals surface area contributed by atoms with Crippen molar-refractivity contribution in [2.75, 3.05) is 11.9 Å². The number of hydrogen-bond donors (Lipinski definition) is 1. The Labute approximate surface area is 89.3 Å². The number of anilines is 1. The van der Waals surface area contributed by atoms with Crippen molar-refractivity contribution in [3.05, 3.63) is 23.0 Å². The number of hydrogen-bond acceptors (Lipinski definition) is 3. The summed E-state index contributed by atoms with van der Waals surface area (Å²) < 4.78 is 1.88. The highest BCUT2D eigenvalue weighted by Crippen LogP contribution is 2.19. The lowest BCUT2D eigenvalue weighted by molar-refractivity contribution is 0.893. The normalized spacial score (nSPS) is 10.9. The lowest BCUT2D eigenvalue weighted by atomic mass is 10.2. The van der Waals surface area contributed by atoms with Crippen LogP contribution in [0.25, 0.3) is 5.65 Å². The molecule has 15 heavy (non-hydrogen) atoms. The largest absolute Gasteiger partial charge is 0.370 e. The summed E-state index contributed by atoms with van der Waals surface area (Å²) in [6.45, 7) is 9.04. The zero-order valence-corrected chi connectivity index (χ0v) is 9.63. The van der Waals surface area contributed by atoms with Gasteiger partial charge in [0.15, 0.2) is 5.65 Å². The van der Waals surface area contributed by atoms with Crippen LogP contribution < -0.4 is 5.32 Å². The van der Waals surface area contributed by atoms with Crippen molar-refractivity contribution in [3.8, 4) is 0 Å². The van der Waals surface area contributed by atoms with Crippen LogP contribution >= 0.6 is 0 Å². The molecule has 0 atom stereocenters. The Morgan fingerprint density at radius 1 is 1.33 bits per heavy atom. The molecule has 0 bridgehead atoms. The summed E-state index contributed by atoms with van der Waals surface area (Å²) in [5.74, 6) is 1.05. The third-order valence-corrected chi connectivity index (χ3v) is 2.55. The number of fused-ring (bicyclic) bond motifs is 1. The first-order chi connectivity index (χ1) is 7.13. The highest BCUT2D eigenvalue weighted by atomic mass is 15.3. The maximum absolute atomic E-state index is 4.50. The molecule has 0 saturated carbocycles. The van der Waals surface area contributed by atoms with Gasteiger partial charge in [-0.2, -0.15) is 9.61 Å². The van der Waals surface area contributed by atoms with Crippen molar-refractivity contribution in [2.45, 2.75) is 27.7 Å². The number of nitrogens with one attached hydrogen (secondary N) is 1. The highest BCUT2D eigenvalue weighted by molar-refractivity contribution is 5.55. The van der Waals surface area contributed by atoms with Crippen molar-refractivity contribution in [3.63, 3.8) is 0 Å². The molecular formula is C11H16N4. The second kappa shape index (κ2) is 3.53. The minimum atomic E-state index is 0.887. The topological polar surface area (TPSA) is 42.2 Å². The van der Waals surface area contributed by atoms with Gasteiger partial charge in [-0.1, -0.05) is 0 Å².